The van der Waals surface area contributed by atoms with E-state index in [1.807, 2.05) is 0 Å². The van der Waals surface area contributed by atoms with Crippen LogP contribution in [0.4, 0.5) is 18.9 Å². The number of rotatable bonds is 4. The lowest BCUT2D eigenvalue weighted by molar-refractivity contribution is -0.120. The molecule has 18 heavy (non-hydrogen) atoms. The van der Waals surface area contributed by atoms with E-state index in [9.17, 15) is 13.2 Å². The molecular formula is C12H16BrF3N2. The Morgan fingerprint density at radius 3 is 2.33 bits per heavy atom. The zero-order valence-electron chi connectivity index (χ0n) is 10.3. The minimum Gasteiger partial charge on any atom is -0.359 e. The predicted octanol–water partition coefficient (Wildman–Crippen LogP) is 3.68. The van der Waals surface area contributed by atoms with Gasteiger partial charge in [-0.1, -0.05) is 6.07 Å². The molecule has 2 nitrogen and oxygen atoms in total. The van der Waals surface area contributed by atoms with Crippen molar-refractivity contribution in [1.82, 2.24) is 0 Å². The van der Waals surface area contributed by atoms with E-state index in [2.05, 4.69) is 15.9 Å². The van der Waals surface area contributed by atoms with Gasteiger partial charge in [0.1, 0.15) is 6.54 Å². The Kier molecular flexibility index (Phi) is 5.04. The van der Waals surface area contributed by atoms with Gasteiger partial charge in [0.05, 0.1) is 5.69 Å². The molecule has 0 bridgehead atoms. The Bertz CT molecular complexity index is 405. The second-order valence-electron chi connectivity index (χ2n) is 4.33. The average molecular weight is 325 g/mol. The quantitative estimate of drug-likeness (QED) is 0.915. The van der Waals surface area contributed by atoms with Crippen LogP contribution in [-0.4, -0.2) is 18.8 Å². The van der Waals surface area contributed by atoms with E-state index in [0.29, 0.717) is 16.7 Å². The molecule has 0 aromatic heterocycles. The van der Waals surface area contributed by atoms with Crippen LogP contribution in [0.1, 0.15) is 19.4 Å². The molecule has 0 spiro atoms. The highest BCUT2D eigenvalue weighted by molar-refractivity contribution is 9.10. The monoisotopic (exact) mass is 324 g/mol. The molecule has 2 N–H and O–H groups in total. The number of hydrogen-bond acceptors (Lipinski definition) is 2. The lowest BCUT2D eigenvalue weighted by Gasteiger charge is -2.31. The fourth-order valence-corrected chi connectivity index (χ4v) is 2.30. The third-order valence-electron chi connectivity index (χ3n) is 2.53. The first-order valence-corrected chi connectivity index (χ1v) is 6.36. The van der Waals surface area contributed by atoms with E-state index in [4.69, 9.17) is 5.73 Å². The number of benzene rings is 1. The van der Waals surface area contributed by atoms with Gasteiger partial charge in [0.2, 0.25) is 0 Å². The molecular weight excluding hydrogens is 309 g/mol. The van der Waals surface area contributed by atoms with Gasteiger partial charge < -0.3 is 10.6 Å². The molecule has 0 saturated heterocycles. The van der Waals surface area contributed by atoms with Crippen molar-refractivity contribution in [2.45, 2.75) is 32.6 Å². The zero-order valence-corrected chi connectivity index (χ0v) is 11.8. The van der Waals surface area contributed by atoms with E-state index in [0.717, 1.165) is 5.56 Å². The minimum absolute atomic E-state index is 0.244. The van der Waals surface area contributed by atoms with Gasteiger partial charge in [-0.25, -0.2) is 0 Å². The Hall–Kier alpha value is -0.750. The molecule has 0 aliphatic rings. The molecule has 0 aliphatic carbocycles. The first-order valence-electron chi connectivity index (χ1n) is 5.56. The molecule has 1 aromatic rings. The van der Waals surface area contributed by atoms with Crippen molar-refractivity contribution >= 4 is 21.6 Å². The number of anilines is 1. The fourth-order valence-electron chi connectivity index (χ4n) is 1.65. The first kappa shape index (κ1) is 15.3. The number of nitrogens with zero attached hydrogens (tertiary/aromatic N) is 1. The Balaban J connectivity index is 3.06. The molecule has 102 valence electrons. The van der Waals surface area contributed by atoms with E-state index >= 15 is 0 Å². The summed E-state index contributed by atoms with van der Waals surface area (Å²) in [7, 11) is 0. The summed E-state index contributed by atoms with van der Waals surface area (Å²) in [4.78, 5) is 1.31. The van der Waals surface area contributed by atoms with Crippen LogP contribution < -0.4 is 10.6 Å². The summed E-state index contributed by atoms with van der Waals surface area (Å²) < 4.78 is 38.3. The lowest BCUT2D eigenvalue weighted by atomic mass is 10.1. The molecule has 0 heterocycles. The van der Waals surface area contributed by atoms with Crippen LogP contribution in [-0.2, 0) is 6.54 Å². The normalized spacial score (nSPS) is 12.0. The smallest absolute Gasteiger partial charge is 0.359 e. The highest BCUT2D eigenvalue weighted by atomic mass is 79.9. The van der Waals surface area contributed by atoms with Crippen LogP contribution in [0.3, 0.4) is 0 Å². The van der Waals surface area contributed by atoms with Gasteiger partial charge in [-0.15, -0.1) is 0 Å². The average Bonchev–Trinajstić information content (AvgIpc) is 2.24. The van der Waals surface area contributed by atoms with Gasteiger partial charge in [-0.2, -0.15) is 13.2 Å². The highest BCUT2D eigenvalue weighted by Crippen LogP contribution is 2.31. The summed E-state index contributed by atoms with van der Waals surface area (Å²) in [6.45, 7) is 2.86. The van der Waals surface area contributed by atoms with Crippen LogP contribution in [0.15, 0.2) is 22.7 Å². The molecule has 0 atom stereocenters. The number of alkyl halides is 3. The van der Waals surface area contributed by atoms with Gasteiger partial charge >= 0.3 is 6.18 Å². The minimum atomic E-state index is -4.23. The van der Waals surface area contributed by atoms with Crippen molar-refractivity contribution in [2.75, 3.05) is 11.4 Å². The standard InChI is InChI=1S/C12H16BrF3N2/c1-8(2)18(7-12(14,15)16)11-4-3-9(6-17)5-10(11)13/h3-5,8H,6-7,17H2,1-2H3. The maximum atomic E-state index is 12.6. The largest absolute Gasteiger partial charge is 0.405 e. The molecule has 1 rings (SSSR count). The lowest BCUT2D eigenvalue weighted by Crippen LogP contribution is -2.39. The summed E-state index contributed by atoms with van der Waals surface area (Å²) in [6, 6.07) is 4.91. The van der Waals surface area contributed by atoms with Crippen molar-refractivity contribution in [3.63, 3.8) is 0 Å². The molecule has 1 aromatic carbocycles. The summed E-state index contributed by atoms with van der Waals surface area (Å²) in [6.07, 6.45) is -4.23. The molecule has 0 radical (unpaired) electrons. The van der Waals surface area contributed by atoms with Crippen LogP contribution in [0.25, 0.3) is 0 Å². The number of hydrogen-bond donors (Lipinski definition) is 1. The Morgan fingerprint density at radius 1 is 1.33 bits per heavy atom. The molecule has 0 fully saturated rings. The highest BCUT2D eigenvalue weighted by Gasteiger charge is 2.32. The molecule has 0 aliphatic heterocycles. The van der Waals surface area contributed by atoms with Gasteiger partial charge in [0.25, 0.3) is 0 Å². The number of nitrogens with two attached hydrogens (primary N) is 1. The van der Waals surface area contributed by atoms with Gasteiger partial charge in [-0.3, -0.25) is 0 Å². The second-order valence-corrected chi connectivity index (χ2v) is 5.18. The van der Waals surface area contributed by atoms with Gasteiger partial charge in [-0.05, 0) is 47.5 Å². The Morgan fingerprint density at radius 2 is 1.94 bits per heavy atom. The van der Waals surface area contributed by atoms with E-state index < -0.39 is 12.7 Å². The van der Waals surface area contributed by atoms with E-state index in [-0.39, 0.29) is 6.04 Å². The van der Waals surface area contributed by atoms with E-state index in [1.54, 1.807) is 32.0 Å². The van der Waals surface area contributed by atoms with Gasteiger partial charge in [0, 0.05) is 17.1 Å². The summed E-state index contributed by atoms with van der Waals surface area (Å²) in [5.74, 6) is 0. The third kappa shape index (κ3) is 4.17. The zero-order chi connectivity index (χ0) is 13.9. The maximum absolute atomic E-state index is 12.6. The third-order valence-corrected chi connectivity index (χ3v) is 3.17. The second kappa shape index (κ2) is 5.93. The SMILES string of the molecule is CC(C)N(CC(F)(F)F)c1ccc(CN)cc1Br. The molecule has 0 unspecified atom stereocenters. The topological polar surface area (TPSA) is 29.3 Å². The fraction of sp³-hybridized carbons (Fsp3) is 0.500. The maximum Gasteiger partial charge on any atom is 0.405 e. The molecule has 6 heteroatoms. The first-order chi connectivity index (χ1) is 8.24. The predicted molar refractivity (Wildman–Crippen MR) is 70.6 cm³/mol. The summed E-state index contributed by atoms with van der Waals surface area (Å²) in [5.41, 5.74) is 6.90. The van der Waals surface area contributed by atoms with Crippen LogP contribution in [0.2, 0.25) is 0 Å². The van der Waals surface area contributed by atoms with Crippen molar-refractivity contribution in [2.24, 2.45) is 5.73 Å². The van der Waals surface area contributed by atoms with Gasteiger partial charge in [0.15, 0.2) is 0 Å². The molecule has 0 amide bonds. The summed E-state index contributed by atoms with van der Waals surface area (Å²) in [5, 5.41) is 0. The Labute approximate surface area is 113 Å². The summed E-state index contributed by atoms with van der Waals surface area (Å²) >= 11 is 3.30. The van der Waals surface area contributed by atoms with Crippen LogP contribution >= 0.6 is 15.9 Å². The van der Waals surface area contributed by atoms with Crippen molar-refractivity contribution in [3.05, 3.63) is 28.2 Å². The van der Waals surface area contributed by atoms with Crippen molar-refractivity contribution < 1.29 is 13.2 Å². The number of halogens is 4. The van der Waals surface area contributed by atoms with Crippen LogP contribution in [0, 0.1) is 0 Å². The van der Waals surface area contributed by atoms with Crippen LogP contribution in [0.5, 0.6) is 0 Å². The van der Waals surface area contributed by atoms with Crippen molar-refractivity contribution in [1.29, 1.82) is 0 Å². The molecule has 0 saturated carbocycles. The van der Waals surface area contributed by atoms with E-state index in [1.165, 1.54) is 4.90 Å². The van der Waals surface area contributed by atoms with Crippen molar-refractivity contribution in [3.8, 4) is 0 Å².